The minimum atomic E-state index is 0.624. The number of fused-ring (bicyclic) bond motifs is 5. The van der Waals surface area contributed by atoms with Crippen molar-refractivity contribution in [2.24, 2.45) is 0 Å². The highest BCUT2D eigenvalue weighted by Crippen LogP contribution is 2.38. The molecular formula is C41H27N3O. The molecule has 0 saturated carbocycles. The van der Waals surface area contributed by atoms with Crippen molar-refractivity contribution in [3.8, 4) is 45.3 Å². The monoisotopic (exact) mass is 577 g/mol. The van der Waals surface area contributed by atoms with Crippen LogP contribution in [-0.2, 0) is 6.42 Å². The van der Waals surface area contributed by atoms with Crippen LogP contribution in [0.5, 0.6) is 0 Å². The van der Waals surface area contributed by atoms with Gasteiger partial charge in [0.15, 0.2) is 17.5 Å². The summed E-state index contributed by atoms with van der Waals surface area (Å²) in [4.78, 5) is 15.1. The van der Waals surface area contributed by atoms with E-state index < -0.39 is 0 Å². The maximum atomic E-state index is 6.48. The molecule has 6 aromatic carbocycles. The number of hydrogen-bond donors (Lipinski definition) is 0. The average Bonchev–Trinajstić information content (AvgIpc) is 3.49. The summed E-state index contributed by atoms with van der Waals surface area (Å²) in [5.41, 5.74) is 9.35. The summed E-state index contributed by atoms with van der Waals surface area (Å²) in [5.74, 6) is 1.93. The summed E-state index contributed by atoms with van der Waals surface area (Å²) in [7, 11) is 0. The van der Waals surface area contributed by atoms with E-state index in [-0.39, 0.29) is 0 Å². The topological polar surface area (TPSA) is 51.8 Å². The van der Waals surface area contributed by atoms with Crippen LogP contribution < -0.4 is 0 Å². The molecule has 212 valence electrons. The van der Waals surface area contributed by atoms with E-state index in [4.69, 9.17) is 19.4 Å². The molecule has 2 aromatic heterocycles. The highest BCUT2D eigenvalue weighted by molar-refractivity contribution is 6.12. The molecule has 0 spiro atoms. The van der Waals surface area contributed by atoms with Crippen molar-refractivity contribution < 1.29 is 4.42 Å². The largest absolute Gasteiger partial charge is 0.456 e. The third kappa shape index (κ3) is 4.50. The number of furan rings is 1. The molecule has 0 atom stereocenters. The van der Waals surface area contributed by atoms with Gasteiger partial charge in [-0.2, -0.15) is 0 Å². The molecule has 9 rings (SSSR count). The van der Waals surface area contributed by atoms with Crippen molar-refractivity contribution >= 4 is 38.8 Å². The molecule has 45 heavy (non-hydrogen) atoms. The van der Waals surface area contributed by atoms with Crippen molar-refractivity contribution in [1.82, 2.24) is 15.0 Å². The summed E-state index contributed by atoms with van der Waals surface area (Å²) in [6, 6.07) is 44.3. The number of rotatable bonds is 4. The van der Waals surface area contributed by atoms with Crippen molar-refractivity contribution in [3.05, 3.63) is 145 Å². The van der Waals surface area contributed by atoms with E-state index in [0.29, 0.717) is 17.5 Å². The van der Waals surface area contributed by atoms with E-state index in [9.17, 15) is 0 Å². The van der Waals surface area contributed by atoms with Gasteiger partial charge in [-0.15, -0.1) is 0 Å². The van der Waals surface area contributed by atoms with Gasteiger partial charge in [0.1, 0.15) is 11.2 Å². The molecule has 4 heteroatoms. The summed E-state index contributed by atoms with van der Waals surface area (Å²) in [6.07, 6.45) is 6.57. The Hall–Kier alpha value is -5.87. The van der Waals surface area contributed by atoms with Gasteiger partial charge < -0.3 is 4.42 Å². The lowest BCUT2D eigenvalue weighted by molar-refractivity contribution is 0.669. The fourth-order valence-electron chi connectivity index (χ4n) is 6.47. The Morgan fingerprint density at radius 1 is 0.511 bits per heavy atom. The Balaban J connectivity index is 1.22. The minimum Gasteiger partial charge on any atom is -0.456 e. The number of allylic oxidation sites excluding steroid dienone is 1. The molecule has 0 unspecified atom stereocenters. The maximum absolute atomic E-state index is 6.48. The molecule has 0 saturated heterocycles. The predicted octanol–water partition coefficient (Wildman–Crippen LogP) is 10.6. The van der Waals surface area contributed by atoms with Gasteiger partial charge in [-0.3, -0.25) is 0 Å². The molecular weight excluding hydrogens is 550 g/mol. The van der Waals surface area contributed by atoms with Crippen LogP contribution in [0, 0.1) is 0 Å². The molecule has 0 amide bonds. The Kier molecular flexibility index (Phi) is 5.91. The van der Waals surface area contributed by atoms with E-state index in [1.165, 1.54) is 21.9 Å². The first-order chi connectivity index (χ1) is 22.3. The van der Waals surface area contributed by atoms with E-state index in [1.54, 1.807) is 0 Å². The van der Waals surface area contributed by atoms with Crippen molar-refractivity contribution in [2.75, 3.05) is 0 Å². The average molecular weight is 578 g/mol. The molecule has 8 aromatic rings. The Morgan fingerprint density at radius 2 is 1.27 bits per heavy atom. The van der Waals surface area contributed by atoms with Crippen LogP contribution in [0.1, 0.15) is 17.5 Å². The van der Waals surface area contributed by atoms with Crippen molar-refractivity contribution in [3.63, 3.8) is 0 Å². The van der Waals surface area contributed by atoms with Gasteiger partial charge in [0.05, 0.1) is 0 Å². The van der Waals surface area contributed by atoms with E-state index in [1.807, 2.05) is 42.5 Å². The number of hydrogen-bond acceptors (Lipinski definition) is 4. The van der Waals surface area contributed by atoms with Gasteiger partial charge in [-0.25, -0.2) is 15.0 Å². The quantitative estimate of drug-likeness (QED) is 0.209. The van der Waals surface area contributed by atoms with Crippen LogP contribution in [-0.4, -0.2) is 15.0 Å². The van der Waals surface area contributed by atoms with Crippen LogP contribution in [0.15, 0.2) is 138 Å². The Bertz CT molecular complexity index is 2440. The van der Waals surface area contributed by atoms with Gasteiger partial charge >= 0.3 is 0 Å². The van der Waals surface area contributed by atoms with Gasteiger partial charge in [0, 0.05) is 27.5 Å². The maximum Gasteiger partial charge on any atom is 0.164 e. The number of aromatic nitrogens is 3. The first kappa shape index (κ1) is 25.6. The van der Waals surface area contributed by atoms with Crippen LogP contribution >= 0.6 is 0 Å². The number of nitrogens with zero attached hydrogens (tertiary/aromatic N) is 3. The smallest absolute Gasteiger partial charge is 0.164 e. The van der Waals surface area contributed by atoms with Gasteiger partial charge in [0.25, 0.3) is 0 Å². The van der Waals surface area contributed by atoms with Gasteiger partial charge in [0.2, 0.25) is 0 Å². The van der Waals surface area contributed by atoms with E-state index >= 15 is 0 Å². The Morgan fingerprint density at radius 3 is 2.18 bits per heavy atom. The summed E-state index contributed by atoms with van der Waals surface area (Å²) in [5, 5.41) is 4.49. The second kappa shape index (κ2) is 10.4. The van der Waals surface area contributed by atoms with Crippen LogP contribution in [0.25, 0.3) is 84.1 Å². The molecule has 0 aliphatic heterocycles. The predicted molar refractivity (Wildman–Crippen MR) is 184 cm³/mol. The Labute approximate surface area is 260 Å². The molecule has 1 aliphatic carbocycles. The van der Waals surface area contributed by atoms with E-state index in [2.05, 4.69) is 97.1 Å². The standard InChI is InChI=1S/C41H27N3O/c1-2-11-28(12-3-1)39-42-40(33-20-18-27-10-5-7-14-30(27)24-33)44-41(43-39)35-15-8-16-36-38(35)34-22-21-32(25-37(34)45-36)31-19-17-26-9-4-6-13-29(26)23-31/h1-4,6-9,11-25H,5,10H2. The normalized spacial score (nSPS) is 12.6. The third-order valence-corrected chi connectivity index (χ3v) is 8.77. The van der Waals surface area contributed by atoms with Crippen LogP contribution in [0.3, 0.4) is 0 Å². The lowest BCUT2D eigenvalue weighted by Gasteiger charge is -2.13. The number of benzene rings is 6. The minimum absolute atomic E-state index is 0.624. The van der Waals surface area contributed by atoms with E-state index in [0.717, 1.165) is 62.6 Å². The lowest BCUT2D eigenvalue weighted by Crippen LogP contribution is -2.01. The fourth-order valence-corrected chi connectivity index (χ4v) is 6.47. The molecule has 4 nitrogen and oxygen atoms in total. The molecule has 1 aliphatic rings. The molecule has 2 heterocycles. The highest BCUT2D eigenvalue weighted by atomic mass is 16.3. The molecule has 0 N–H and O–H groups in total. The van der Waals surface area contributed by atoms with Gasteiger partial charge in [-0.1, -0.05) is 109 Å². The fraction of sp³-hybridized carbons (Fsp3) is 0.0488. The van der Waals surface area contributed by atoms with Crippen molar-refractivity contribution in [2.45, 2.75) is 12.8 Å². The van der Waals surface area contributed by atoms with Gasteiger partial charge in [-0.05, 0) is 76.2 Å². The lowest BCUT2D eigenvalue weighted by atomic mass is 9.95. The zero-order valence-corrected chi connectivity index (χ0v) is 24.4. The molecule has 0 radical (unpaired) electrons. The summed E-state index contributed by atoms with van der Waals surface area (Å²) < 4.78 is 6.48. The molecule has 0 fully saturated rings. The zero-order valence-electron chi connectivity index (χ0n) is 24.4. The number of aryl methyl sites for hydroxylation is 1. The van der Waals surface area contributed by atoms with Crippen LogP contribution in [0.4, 0.5) is 0 Å². The van der Waals surface area contributed by atoms with Crippen LogP contribution in [0.2, 0.25) is 0 Å². The first-order valence-electron chi connectivity index (χ1n) is 15.3. The summed E-state index contributed by atoms with van der Waals surface area (Å²) in [6.45, 7) is 0. The first-order valence-corrected chi connectivity index (χ1v) is 15.3. The second-order valence-corrected chi connectivity index (χ2v) is 11.6. The zero-order chi connectivity index (χ0) is 29.7. The highest BCUT2D eigenvalue weighted by Gasteiger charge is 2.19. The van der Waals surface area contributed by atoms with Crippen molar-refractivity contribution in [1.29, 1.82) is 0 Å². The second-order valence-electron chi connectivity index (χ2n) is 11.6. The summed E-state index contributed by atoms with van der Waals surface area (Å²) >= 11 is 0. The SMILES string of the molecule is C1=Cc2cc(-c3nc(-c4ccccc4)nc(-c4cccc5oc6cc(-c7ccc8ccccc8c7)ccc6c45)n3)ccc2CC1. The molecule has 0 bridgehead atoms. The third-order valence-electron chi connectivity index (χ3n) is 8.77.